The largest absolute Gasteiger partial charge is 0.242 e. The predicted molar refractivity (Wildman–Crippen MR) is 49.3 cm³/mol. The Labute approximate surface area is 71.4 Å². The lowest BCUT2D eigenvalue weighted by Gasteiger charge is -2.19. The van der Waals surface area contributed by atoms with Gasteiger partial charge in [0.05, 0.1) is 21.8 Å². The Hall–Kier alpha value is -0.330. The highest BCUT2D eigenvalue weighted by atomic mass is 32.2. The van der Waals surface area contributed by atoms with Gasteiger partial charge in [0.15, 0.2) is 0 Å². The lowest BCUT2D eigenvalue weighted by molar-refractivity contribution is 0.630. The first-order valence-corrected chi connectivity index (χ1v) is 4.67. The van der Waals surface area contributed by atoms with Crippen molar-refractivity contribution in [1.82, 2.24) is 4.72 Å². The molecule has 0 aliphatic carbocycles. The number of nitrogens with one attached hydrogen (secondary N) is 1. The van der Waals surface area contributed by atoms with Gasteiger partial charge in [0.1, 0.15) is 0 Å². The van der Waals surface area contributed by atoms with Crippen molar-refractivity contribution >= 4 is 11.0 Å². The van der Waals surface area contributed by atoms with Gasteiger partial charge in [0, 0.05) is 0 Å². The van der Waals surface area contributed by atoms with Crippen molar-refractivity contribution in [2.45, 2.75) is 38.5 Å². The van der Waals surface area contributed by atoms with Crippen LogP contribution in [0.5, 0.6) is 0 Å². The third-order valence-electron chi connectivity index (χ3n) is 1.09. The molecule has 0 aromatic heterocycles. The van der Waals surface area contributed by atoms with Crippen LogP contribution in [-0.4, -0.2) is 15.0 Å². The molecule has 11 heavy (non-hydrogen) atoms. The standard InChI is InChI=1S/C8H15NOS/c1-6-7(2)9-11(10)8(3,4)5/h1,7,9H,2-5H3/t7-,11-/m1/s1. The highest BCUT2D eigenvalue weighted by Crippen LogP contribution is 2.08. The van der Waals surface area contributed by atoms with Gasteiger partial charge < -0.3 is 0 Å². The number of hydrogen-bond donors (Lipinski definition) is 1. The maximum absolute atomic E-state index is 11.3. The predicted octanol–water partition coefficient (Wildman–Crippen LogP) is 1.06. The second-order valence-electron chi connectivity index (χ2n) is 3.39. The van der Waals surface area contributed by atoms with Crippen molar-refractivity contribution in [3.63, 3.8) is 0 Å². The van der Waals surface area contributed by atoms with Crippen LogP contribution in [-0.2, 0) is 11.0 Å². The van der Waals surface area contributed by atoms with E-state index < -0.39 is 11.0 Å². The average molecular weight is 173 g/mol. The van der Waals surface area contributed by atoms with E-state index in [2.05, 4.69) is 10.6 Å². The monoisotopic (exact) mass is 173 g/mol. The van der Waals surface area contributed by atoms with E-state index in [1.54, 1.807) is 0 Å². The zero-order valence-corrected chi connectivity index (χ0v) is 8.29. The lowest BCUT2D eigenvalue weighted by atomic mass is 10.3. The number of terminal acetylenes is 1. The molecule has 0 fully saturated rings. The molecule has 0 spiro atoms. The Bertz CT molecular complexity index is 187. The molecule has 0 radical (unpaired) electrons. The van der Waals surface area contributed by atoms with Crippen LogP contribution >= 0.6 is 0 Å². The molecule has 2 atom stereocenters. The van der Waals surface area contributed by atoms with Crippen LogP contribution in [0, 0.1) is 12.3 Å². The van der Waals surface area contributed by atoms with E-state index in [1.807, 2.05) is 27.7 Å². The molecule has 2 nitrogen and oxygen atoms in total. The summed E-state index contributed by atoms with van der Waals surface area (Å²) in [7, 11) is -1.06. The number of rotatable bonds is 2. The Kier molecular flexibility index (Phi) is 3.77. The van der Waals surface area contributed by atoms with Crippen molar-refractivity contribution in [3.8, 4) is 12.3 Å². The molecular formula is C8H15NOS. The van der Waals surface area contributed by atoms with E-state index >= 15 is 0 Å². The van der Waals surface area contributed by atoms with Crippen LogP contribution in [0.1, 0.15) is 27.7 Å². The molecule has 0 aliphatic rings. The summed E-state index contributed by atoms with van der Waals surface area (Å²) >= 11 is 0. The van der Waals surface area contributed by atoms with Gasteiger partial charge in [-0.3, -0.25) is 0 Å². The maximum atomic E-state index is 11.3. The topological polar surface area (TPSA) is 29.1 Å². The summed E-state index contributed by atoms with van der Waals surface area (Å²) in [6.07, 6.45) is 5.12. The number of hydrogen-bond acceptors (Lipinski definition) is 1. The van der Waals surface area contributed by atoms with E-state index in [0.717, 1.165) is 0 Å². The van der Waals surface area contributed by atoms with Crippen molar-refractivity contribution in [1.29, 1.82) is 0 Å². The van der Waals surface area contributed by atoms with E-state index in [1.165, 1.54) is 0 Å². The van der Waals surface area contributed by atoms with Gasteiger partial charge in [-0.25, -0.2) is 8.93 Å². The molecule has 0 saturated heterocycles. The Balaban J connectivity index is 4.01. The van der Waals surface area contributed by atoms with Crippen LogP contribution in [0.25, 0.3) is 0 Å². The molecule has 0 heterocycles. The molecular weight excluding hydrogens is 158 g/mol. The quantitative estimate of drug-likeness (QED) is 0.622. The first-order valence-electron chi connectivity index (χ1n) is 3.52. The van der Waals surface area contributed by atoms with Crippen molar-refractivity contribution in [2.75, 3.05) is 0 Å². The summed E-state index contributed by atoms with van der Waals surface area (Å²) in [5.41, 5.74) is 0. The summed E-state index contributed by atoms with van der Waals surface area (Å²) in [5, 5.41) is 0. The Morgan fingerprint density at radius 2 is 2.00 bits per heavy atom. The molecule has 64 valence electrons. The second kappa shape index (κ2) is 3.89. The van der Waals surface area contributed by atoms with Gasteiger partial charge in [-0.05, 0) is 27.7 Å². The van der Waals surface area contributed by atoms with Gasteiger partial charge in [0.2, 0.25) is 0 Å². The van der Waals surface area contributed by atoms with Crippen LogP contribution in [0.2, 0.25) is 0 Å². The van der Waals surface area contributed by atoms with Gasteiger partial charge in [-0.1, -0.05) is 5.92 Å². The fraction of sp³-hybridized carbons (Fsp3) is 0.750. The second-order valence-corrected chi connectivity index (χ2v) is 5.39. The Morgan fingerprint density at radius 3 is 2.27 bits per heavy atom. The molecule has 0 amide bonds. The van der Waals surface area contributed by atoms with Crippen molar-refractivity contribution < 1.29 is 4.21 Å². The molecule has 0 aromatic rings. The van der Waals surface area contributed by atoms with E-state index in [-0.39, 0.29) is 10.8 Å². The SMILES string of the molecule is C#C[C@@H](C)N[S@](=O)C(C)(C)C. The first-order chi connectivity index (χ1) is 4.88. The fourth-order valence-electron chi connectivity index (χ4n) is 0.371. The molecule has 0 aliphatic heterocycles. The van der Waals surface area contributed by atoms with Gasteiger partial charge in [-0.2, -0.15) is 0 Å². The summed E-state index contributed by atoms with van der Waals surface area (Å²) in [6.45, 7) is 7.52. The average Bonchev–Trinajstić information content (AvgIpc) is 1.85. The fourth-order valence-corrected chi connectivity index (χ4v) is 1.11. The minimum atomic E-state index is -1.06. The highest BCUT2D eigenvalue weighted by molar-refractivity contribution is 7.84. The first kappa shape index (κ1) is 10.7. The van der Waals surface area contributed by atoms with E-state index in [0.29, 0.717) is 0 Å². The van der Waals surface area contributed by atoms with Crippen LogP contribution in [0.15, 0.2) is 0 Å². The minimum Gasteiger partial charge on any atom is -0.242 e. The van der Waals surface area contributed by atoms with Gasteiger partial charge in [-0.15, -0.1) is 6.42 Å². The van der Waals surface area contributed by atoms with Crippen LogP contribution in [0.4, 0.5) is 0 Å². The van der Waals surface area contributed by atoms with E-state index in [9.17, 15) is 4.21 Å². The van der Waals surface area contributed by atoms with Crippen LogP contribution < -0.4 is 4.72 Å². The van der Waals surface area contributed by atoms with E-state index in [4.69, 9.17) is 6.42 Å². The molecule has 0 aromatic carbocycles. The van der Waals surface area contributed by atoms with Crippen molar-refractivity contribution in [2.24, 2.45) is 0 Å². The molecule has 0 bridgehead atoms. The Morgan fingerprint density at radius 1 is 1.55 bits per heavy atom. The highest BCUT2D eigenvalue weighted by Gasteiger charge is 2.20. The maximum Gasteiger partial charge on any atom is 0.0981 e. The zero-order chi connectivity index (χ0) is 9.07. The summed E-state index contributed by atoms with van der Waals surface area (Å²) in [6, 6.07) is -0.130. The zero-order valence-electron chi connectivity index (χ0n) is 7.47. The summed E-state index contributed by atoms with van der Waals surface area (Å²) in [5.74, 6) is 2.46. The van der Waals surface area contributed by atoms with Gasteiger partial charge in [0.25, 0.3) is 0 Å². The smallest absolute Gasteiger partial charge is 0.0981 e. The molecule has 3 heteroatoms. The molecule has 0 saturated carbocycles. The lowest BCUT2D eigenvalue weighted by Crippen LogP contribution is -2.37. The summed E-state index contributed by atoms with van der Waals surface area (Å²) < 4.78 is 13.9. The van der Waals surface area contributed by atoms with Crippen molar-refractivity contribution in [3.05, 3.63) is 0 Å². The third kappa shape index (κ3) is 4.18. The normalized spacial score (nSPS) is 17.0. The molecule has 0 unspecified atom stereocenters. The van der Waals surface area contributed by atoms with Crippen LogP contribution in [0.3, 0.4) is 0 Å². The minimum absolute atomic E-state index is 0.130. The third-order valence-corrected chi connectivity index (χ3v) is 2.77. The summed E-state index contributed by atoms with van der Waals surface area (Å²) in [4.78, 5) is 0. The molecule has 1 N–H and O–H groups in total. The van der Waals surface area contributed by atoms with Gasteiger partial charge >= 0.3 is 0 Å². The molecule has 0 rings (SSSR count).